The van der Waals surface area contributed by atoms with Crippen LogP contribution in [0.2, 0.25) is 0 Å². The Hall–Kier alpha value is -2.26. The average Bonchev–Trinajstić information content (AvgIpc) is 2.53. The minimum absolute atomic E-state index is 0.328. The van der Waals surface area contributed by atoms with E-state index in [0.29, 0.717) is 5.56 Å². The molecule has 3 aromatic carbocycles. The van der Waals surface area contributed by atoms with E-state index in [1.54, 1.807) is 23.9 Å². The van der Waals surface area contributed by atoms with Crippen LogP contribution in [-0.2, 0) is 5.75 Å². The fraction of sp³-hybridized carbons (Fsp3) is 0.0556. The number of benzene rings is 3. The zero-order valence-electron chi connectivity index (χ0n) is 11.3. The number of rotatable bonds is 4. The van der Waals surface area contributed by atoms with Gasteiger partial charge < -0.3 is 5.11 Å². The van der Waals surface area contributed by atoms with Gasteiger partial charge in [-0.15, -0.1) is 11.8 Å². The summed E-state index contributed by atoms with van der Waals surface area (Å²) in [6, 6.07) is 21.8. The van der Waals surface area contributed by atoms with E-state index in [4.69, 9.17) is 5.11 Å². The maximum Gasteiger partial charge on any atom is 0.335 e. The molecule has 0 aliphatic heterocycles. The molecule has 0 aliphatic carbocycles. The summed E-state index contributed by atoms with van der Waals surface area (Å²) in [5.41, 5.74) is 1.45. The van der Waals surface area contributed by atoms with Gasteiger partial charge in [-0.25, -0.2) is 4.79 Å². The monoisotopic (exact) mass is 294 g/mol. The second-order valence-electron chi connectivity index (χ2n) is 4.80. The van der Waals surface area contributed by atoms with Gasteiger partial charge in [0.15, 0.2) is 0 Å². The summed E-state index contributed by atoms with van der Waals surface area (Å²) < 4.78 is 0. The maximum atomic E-state index is 10.8. The molecule has 0 bridgehead atoms. The third-order valence-electron chi connectivity index (χ3n) is 3.33. The Kier molecular flexibility index (Phi) is 3.93. The highest BCUT2D eigenvalue weighted by atomic mass is 32.2. The zero-order chi connectivity index (χ0) is 14.7. The molecule has 0 aromatic heterocycles. The van der Waals surface area contributed by atoms with E-state index in [1.807, 2.05) is 24.3 Å². The zero-order valence-corrected chi connectivity index (χ0v) is 12.1. The van der Waals surface area contributed by atoms with Crippen LogP contribution in [0.1, 0.15) is 15.9 Å². The summed E-state index contributed by atoms with van der Waals surface area (Å²) in [5, 5.41) is 11.4. The molecule has 0 radical (unpaired) electrons. The molecule has 0 fully saturated rings. The molecule has 0 heterocycles. The van der Waals surface area contributed by atoms with E-state index < -0.39 is 5.97 Å². The molecule has 104 valence electrons. The van der Waals surface area contributed by atoms with Crippen molar-refractivity contribution >= 4 is 28.5 Å². The van der Waals surface area contributed by atoms with Crippen molar-refractivity contribution in [3.63, 3.8) is 0 Å². The molecule has 0 saturated carbocycles. The molecule has 0 aliphatic rings. The highest BCUT2D eigenvalue weighted by Crippen LogP contribution is 2.26. The number of hydrogen-bond donors (Lipinski definition) is 1. The third-order valence-corrected chi connectivity index (χ3v) is 4.39. The van der Waals surface area contributed by atoms with Crippen LogP contribution in [0.4, 0.5) is 0 Å². The smallest absolute Gasteiger partial charge is 0.335 e. The first-order valence-corrected chi connectivity index (χ1v) is 7.65. The first-order chi connectivity index (χ1) is 10.2. The van der Waals surface area contributed by atoms with Gasteiger partial charge in [-0.05, 0) is 40.6 Å². The number of hydrogen-bond acceptors (Lipinski definition) is 2. The van der Waals surface area contributed by atoms with Gasteiger partial charge in [0.2, 0.25) is 0 Å². The number of carboxylic acid groups (broad SMARTS) is 1. The number of carbonyl (C=O) groups is 1. The van der Waals surface area contributed by atoms with Gasteiger partial charge in [0.1, 0.15) is 0 Å². The van der Waals surface area contributed by atoms with Crippen LogP contribution in [-0.4, -0.2) is 11.1 Å². The first kappa shape index (κ1) is 13.7. The third kappa shape index (κ3) is 3.26. The molecule has 1 N–H and O–H groups in total. The van der Waals surface area contributed by atoms with E-state index in [0.717, 1.165) is 11.3 Å². The lowest BCUT2D eigenvalue weighted by Crippen LogP contribution is -1.95. The molecule has 3 heteroatoms. The Labute approximate surface area is 127 Å². The van der Waals surface area contributed by atoms with Crippen LogP contribution in [0.25, 0.3) is 10.8 Å². The van der Waals surface area contributed by atoms with Crippen LogP contribution in [0, 0.1) is 0 Å². The minimum Gasteiger partial charge on any atom is -0.478 e. The van der Waals surface area contributed by atoms with E-state index in [1.165, 1.54) is 15.7 Å². The van der Waals surface area contributed by atoms with Crippen molar-refractivity contribution in [3.05, 3.63) is 77.9 Å². The van der Waals surface area contributed by atoms with Crippen LogP contribution < -0.4 is 0 Å². The van der Waals surface area contributed by atoms with Crippen LogP contribution >= 0.6 is 11.8 Å². The van der Waals surface area contributed by atoms with Gasteiger partial charge in [0.05, 0.1) is 5.56 Å². The summed E-state index contributed by atoms with van der Waals surface area (Å²) in [5.74, 6) is -0.0538. The lowest BCUT2D eigenvalue weighted by Gasteiger charge is -2.04. The van der Waals surface area contributed by atoms with E-state index in [-0.39, 0.29) is 0 Å². The van der Waals surface area contributed by atoms with Crippen LogP contribution in [0.5, 0.6) is 0 Å². The van der Waals surface area contributed by atoms with E-state index in [2.05, 4.69) is 30.3 Å². The predicted octanol–water partition coefficient (Wildman–Crippen LogP) is 4.83. The first-order valence-electron chi connectivity index (χ1n) is 6.66. The van der Waals surface area contributed by atoms with Gasteiger partial charge in [0.25, 0.3) is 0 Å². The van der Waals surface area contributed by atoms with Crippen LogP contribution in [0.15, 0.2) is 71.6 Å². The number of carboxylic acids is 1. The number of fused-ring (bicyclic) bond motifs is 1. The minimum atomic E-state index is -0.885. The van der Waals surface area contributed by atoms with Crippen molar-refractivity contribution in [1.82, 2.24) is 0 Å². The fourth-order valence-electron chi connectivity index (χ4n) is 2.17. The average molecular weight is 294 g/mol. The predicted molar refractivity (Wildman–Crippen MR) is 86.9 cm³/mol. The van der Waals surface area contributed by atoms with Crippen molar-refractivity contribution in [1.29, 1.82) is 0 Å². The number of aromatic carboxylic acids is 1. The molecule has 0 spiro atoms. The van der Waals surface area contributed by atoms with Crippen molar-refractivity contribution in [3.8, 4) is 0 Å². The highest BCUT2D eigenvalue weighted by molar-refractivity contribution is 7.98. The van der Waals surface area contributed by atoms with Crippen molar-refractivity contribution < 1.29 is 9.90 Å². The quantitative estimate of drug-likeness (QED) is 0.700. The van der Waals surface area contributed by atoms with Gasteiger partial charge in [-0.2, -0.15) is 0 Å². The summed E-state index contributed by atoms with van der Waals surface area (Å²) in [6.07, 6.45) is 0. The molecule has 0 atom stereocenters. The standard InChI is InChI=1S/C18H14O2S/c19-18(20)15-7-5-13(6-8-15)12-21-17-10-9-14-3-1-2-4-16(14)11-17/h1-11H,12H2,(H,19,20). The largest absolute Gasteiger partial charge is 0.478 e. The molecule has 2 nitrogen and oxygen atoms in total. The SMILES string of the molecule is O=C(O)c1ccc(CSc2ccc3ccccc3c2)cc1. The Bertz CT molecular complexity index is 779. The molecule has 3 rings (SSSR count). The second-order valence-corrected chi connectivity index (χ2v) is 5.85. The van der Waals surface area contributed by atoms with Gasteiger partial charge >= 0.3 is 5.97 Å². The molecule has 0 unspecified atom stereocenters. The summed E-state index contributed by atoms with van der Waals surface area (Å²) in [7, 11) is 0. The van der Waals surface area contributed by atoms with Crippen LogP contribution in [0.3, 0.4) is 0 Å². The molecular formula is C18H14O2S. The molecule has 0 saturated heterocycles. The summed E-state index contributed by atoms with van der Waals surface area (Å²) in [6.45, 7) is 0. The maximum absolute atomic E-state index is 10.8. The van der Waals surface area contributed by atoms with Crippen molar-refractivity contribution in [2.24, 2.45) is 0 Å². The van der Waals surface area contributed by atoms with Gasteiger partial charge in [0, 0.05) is 10.6 Å². The molecule has 0 amide bonds. The van der Waals surface area contributed by atoms with Crippen molar-refractivity contribution in [2.75, 3.05) is 0 Å². The Morgan fingerprint density at radius 1 is 0.905 bits per heavy atom. The lowest BCUT2D eigenvalue weighted by atomic mass is 10.1. The normalized spacial score (nSPS) is 10.7. The van der Waals surface area contributed by atoms with E-state index in [9.17, 15) is 4.79 Å². The fourth-order valence-corrected chi connectivity index (χ4v) is 3.07. The number of thioether (sulfide) groups is 1. The topological polar surface area (TPSA) is 37.3 Å². The van der Waals surface area contributed by atoms with Crippen molar-refractivity contribution in [2.45, 2.75) is 10.6 Å². The molecule has 3 aromatic rings. The second kappa shape index (κ2) is 6.02. The van der Waals surface area contributed by atoms with Gasteiger partial charge in [-0.1, -0.05) is 42.5 Å². The molecular weight excluding hydrogens is 280 g/mol. The summed E-state index contributed by atoms with van der Waals surface area (Å²) in [4.78, 5) is 12.0. The Morgan fingerprint density at radius 2 is 1.62 bits per heavy atom. The Morgan fingerprint density at radius 3 is 2.33 bits per heavy atom. The highest BCUT2D eigenvalue weighted by Gasteiger charge is 2.02. The lowest BCUT2D eigenvalue weighted by molar-refractivity contribution is 0.0697. The Balaban J connectivity index is 1.72. The molecule has 21 heavy (non-hydrogen) atoms. The van der Waals surface area contributed by atoms with E-state index >= 15 is 0 Å². The summed E-state index contributed by atoms with van der Waals surface area (Å²) >= 11 is 1.76. The van der Waals surface area contributed by atoms with Gasteiger partial charge in [-0.3, -0.25) is 0 Å².